The van der Waals surface area contributed by atoms with Crippen molar-refractivity contribution in [3.63, 3.8) is 0 Å². The summed E-state index contributed by atoms with van der Waals surface area (Å²) in [6.07, 6.45) is -0.643. The molecule has 1 unspecified atom stereocenters. The Morgan fingerprint density at radius 2 is 1.39 bits per heavy atom. The molecule has 0 fully saturated rings. The van der Waals surface area contributed by atoms with Gasteiger partial charge in [-0.05, 0) is 16.7 Å². The summed E-state index contributed by atoms with van der Waals surface area (Å²) in [5.41, 5.74) is 2.91. The van der Waals surface area contributed by atoms with Gasteiger partial charge in [-0.3, -0.25) is 0 Å². The first kappa shape index (κ1) is 17.7. The molecule has 3 aromatic carbocycles. The smallest absolute Gasteiger partial charge is 0.347 e. The van der Waals surface area contributed by atoms with Crippen molar-refractivity contribution < 1.29 is 19.1 Å². The first-order valence-electron chi connectivity index (χ1n) is 9.00. The van der Waals surface area contributed by atoms with Gasteiger partial charge in [0, 0.05) is 5.57 Å². The summed E-state index contributed by atoms with van der Waals surface area (Å²) in [6, 6.07) is 28.1. The molecule has 0 N–H and O–H groups in total. The lowest BCUT2D eigenvalue weighted by Crippen LogP contribution is -2.14. The molecular weight excluding hydrogens is 352 g/mol. The molecule has 3 aromatic rings. The number of ether oxygens (including phenoxy) is 2. The van der Waals surface area contributed by atoms with Crippen LogP contribution in [0.15, 0.2) is 96.6 Å². The van der Waals surface area contributed by atoms with E-state index >= 15 is 0 Å². The normalized spacial score (nSPS) is 16.0. The van der Waals surface area contributed by atoms with Crippen molar-refractivity contribution in [1.29, 1.82) is 0 Å². The molecule has 0 saturated carbocycles. The van der Waals surface area contributed by atoms with Crippen LogP contribution in [0.2, 0.25) is 0 Å². The molecule has 0 aliphatic carbocycles. The number of carbonyl (C=O) groups excluding carboxylic acids is 2. The summed E-state index contributed by atoms with van der Waals surface area (Å²) < 4.78 is 11.0. The van der Waals surface area contributed by atoms with Gasteiger partial charge >= 0.3 is 11.9 Å². The van der Waals surface area contributed by atoms with E-state index in [4.69, 9.17) is 9.47 Å². The summed E-state index contributed by atoms with van der Waals surface area (Å²) in [5.74, 6) is -1.34. The van der Waals surface area contributed by atoms with E-state index in [1.807, 2.05) is 91.0 Å². The van der Waals surface area contributed by atoms with Crippen LogP contribution in [0.1, 0.15) is 22.8 Å². The lowest BCUT2D eigenvalue weighted by atomic mass is 9.93. The predicted octanol–water partition coefficient (Wildman–Crippen LogP) is 4.48. The Balaban J connectivity index is 1.71. The summed E-state index contributed by atoms with van der Waals surface area (Å²) in [7, 11) is 0. The minimum absolute atomic E-state index is 0.0454. The van der Waals surface area contributed by atoms with E-state index in [9.17, 15) is 9.59 Å². The third-order valence-electron chi connectivity index (χ3n) is 4.56. The minimum atomic E-state index is -0.675. The quantitative estimate of drug-likeness (QED) is 0.491. The van der Waals surface area contributed by atoms with E-state index < -0.39 is 18.0 Å². The largest absolute Gasteiger partial charge is 0.457 e. The Hall–Kier alpha value is -3.66. The molecule has 1 aliphatic rings. The van der Waals surface area contributed by atoms with Crippen molar-refractivity contribution >= 4 is 17.5 Å². The molecule has 1 heterocycles. The van der Waals surface area contributed by atoms with Crippen LogP contribution in [0.5, 0.6) is 0 Å². The number of benzene rings is 3. The van der Waals surface area contributed by atoms with Crippen LogP contribution in [0, 0.1) is 0 Å². The number of carbonyl (C=O) groups is 2. The standard InChI is InChI=1S/C24H18O4/c25-23(27-16-17-10-4-1-5-11-17)21-20(18-12-6-2-7-13-18)22(28-24(21)26)19-14-8-3-9-15-19/h1-15,22H,16H2. The van der Waals surface area contributed by atoms with Crippen molar-refractivity contribution in [2.24, 2.45) is 0 Å². The zero-order valence-electron chi connectivity index (χ0n) is 15.1. The number of esters is 2. The van der Waals surface area contributed by atoms with Crippen molar-refractivity contribution in [2.75, 3.05) is 0 Å². The zero-order valence-corrected chi connectivity index (χ0v) is 15.1. The van der Waals surface area contributed by atoms with Crippen LogP contribution in [0.25, 0.3) is 5.57 Å². The average Bonchev–Trinajstić information content (AvgIpc) is 3.11. The second-order valence-corrected chi connectivity index (χ2v) is 6.41. The average molecular weight is 370 g/mol. The Kier molecular flexibility index (Phi) is 5.02. The van der Waals surface area contributed by atoms with Crippen molar-refractivity contribution in [3.8, 4) is 0 Å². The number of rotatable bonds is 5. The van der Waals surface area contributed by atoms with Crippen molar-refractivity contribution in [2.45, 2.75) is 12.7 Å². The van der Waals surface area contributed by atoms with E-state index in [1.54, 1.807) is 0 Å². The summed E-state index contributed by atoms with van der Waals surface area (Å²) in [6.45, 7) is 0.0918. The fourth-order valence-corrected chi connectivity index (χ4v) is 3.23. The van der Waals surface area contributed by atoms with Gasteiger partial charge in [0.1, 0.15) is 6.61 Å². The number of hydrogen-bond acceptors (Lipinski definition) is 4. The fourth-order valence-electron chi connectivity index (χ4n) is 3.23. The monoisotopic (exact) mass is 370 g/mol. The van der Waals surface area contributed by atoms with Crippen LogP contribution in [0.3, 0.4) is 0 Å². The molecule has 0 saturated heterocycles. The van der Waals surface area contributed by atoms with Gasteiger partial charge in [-0.2, -0.15) is 0 Å². The van der Waals surface area contributed by atoms with E-state index in [0.717, 1.165) is 16.7 Å². The topological polar surface area (TPSA) is 52.6 Å². The van der Waals surface area contributed by atoms with E-state index in [0.29, 0.717) is 5.57 Å². The van der Waals surface area contributed by atoms with Crippen molar-refractivity contribution in [3.05, 3.63) is 113 Å². The predicted molar refractivity (Wildman–Crippen MR) is 105 cm³/mol. The highest BCUT2D eigenvalue weighted by Gasteiger charge is 2.40. The maximum absolute atomic E-state index is 12.8. The maximum Gasteiger partial charge on any atom is 0.347 e. The lowest BCUT2D eigenvalue weighted by Gasteiger charge is -2.15. The van der Waals surface area contributed by atoms with Gasteiger partial charge in [0.2, 0.25) is 0 Å². The summed E-state index contributed by atoms with van der Waals surface area (Å²) in [4.78, 5) is 25.4. The molecule has 1 atom stereocenters. The Bertz CT molecular complexity index is 1010. The molecule has 0 amide bonds. The van der Waals surface area contributed by atoms with E-state index in [-0.39, 0.29) is 12.2 Å². The highest BCUT2D eigenvalue weighted by molar-refractivity contribution is 6.22. The van der Waals surface area contributed by atoms with Gasteiger partial charge < -0.3 is 9.47 Å². The molecule has 28 heavy (non-hydrogen) atoms. The molecular formula is C24H18O4. The fraction of sp³-hybridized carbons (Fsp3) is 0.0833. The maximum atomic E-state index is 12.8. The SMILES string of the molecule is O=C(OCc1ccccc1)C1=C(c2ccccc2)C(c2ccccc2)OC1=O. The molecule has 4 nitrogen and oxygen atoms in total. The third kappa shape index (κ3) is 3.58. The zero-order chi connectivity index (χ0) is 19.3. The van der Waals surface area contributed by atoms with E-state index in [1.165, 1.54) is 0 Å². The Morgan fingerprint density at radius 3 is 2.04 bits per heavy atom. The van der Waals surface area contributed by atoms with Gasteiger partial charge in [0.15, 0.2) is 11.7 Å². The van der Waals surface area contributed by atoms with Crippen LogP contribution in [-0.4, -0.2) is 11.9 Å². The molecule has 138 valence electrons. The Labute approximate surface area is 163 Å². The number of hydrogen-bond donors (Lipinski definition) is 0. The highest BCUT2D eigenvalue weighted by atomic mass is 16.6. The molecule has 4 heteroatoms. The number of cyclic esters (lactones) is 1. The molecule has 4 rings (SSSR count). The van der Waals surface area contributed by atoms with Crippen LogP contribution < -0.4 is 0 Å². The summed E-state index contributed by atoms with van der Waals surface area (Å²) in [5, 5.41) is 0. The van der Waals surface area contributed by atoms with Gasteiger partial charge in [-0.25, -0.2) is 9.59 Å². The third-order valence-corrected chi connectivity index (χ3v) is 4.56. The Morgan fingerprint density at radius 1 is 0.821 bits per heavy atom. The first-order valence-corrected chi connectivity index (χ1v) is 9.00. The lowest BCUT2D eigenvalue weighted by molar-refractivity contribution is -0.147. The van der Waals surface area contributed by atoms with Gasteiger partial charge in [-0.1, -0.05) is 91.0 Å². The second kappa shape index (κ2) is 7.92. The molecule has 0 radical (unpaired) electrons. The van der Waals surface area contributed by atoms with Crippen LogP contribution >= 0.6 is 0 Å². The molecule has 0 spiro atoms. The van der Waals surface area contributed by atoms with Crippen molar-refractivity contribution in [1.82, 2.24) is 0 Å². The molecule has 0 aromatic heterocycles. The molecule has 0 bridgehead atoms. The summed E-state index contributed by atoms with van der Waals surface area (Å²) >= 11 is 0. The van der Waals surface area contributed by atoms with Gasteiger partial charge in [0.25, 0.3) is 0 Å². The second-order valence-electron chi connectivity index (χ2n) is 6.41. The van der Waals surface area contributed by atoms with Gasteiger partial charge in [-0.15, -0.1) is 0 Å². The van der Waals surface area contributed by atoms with Crippen LogP contribution in [0.4, 0.5) is 0 Å². The van der Waals surface area contributed by atoms with E-state index in [2.05, 4.69) is 0 Å². The minimum Gasteiger partial charge on any atom is -0.457 e. The van der Waals surface area contributed by atoms with Gasteiger partial charge in [0.05, 0.1) is 0 Å². The molecule has 1 aliphatic heterocycles. The van der Waals surface area contributed by atoms with Crippen LogP contribution in [-0.2, 0) is 25.7 Å². The first-order chi connectivity index (χ1) is 13.7. The highest BCUT2D eigenvalue weighted by Crippen LogP contribution is 2.41.